The molecular weight excluding hydrogens is 188 g/mol. The van der Waals surface area contributed by atoms with Gasteiger partial charge in [-0.3, -0.25) is 0 Å². The van der Waals surface area contributed by atoms with Crippen LogP contribution in [0, 0.1) is 0 Å². The lowest BCUT2D eigenvalue weighted by molar-refractivity contribution is 0.484. The Labute approximate surface area is 80.9 Å². The largest absolute Gasteiger partial charge is 0.314 e. The summed E-state index contributed by atoms with van der Waals surface area (Å²) in [6, 6.07) is 0.500. The van der Waals surface area contributed by atoms with Gasteiger partial charge in [-0.05, 0) is 25.8 Å². The monoisotopic (exact) mass is 208 g/mol. The van der Waals surface area contributed by atoms with Crippen molar-refractivity contribution in [1.29, 1.82) is 0 Å². The van der Waals surface area contributed by atoms with Crippen LogP contribution in [0.4, 0.5) is 0 Å². The fourth-order valence-electron chi connectivity index (χ4n) is 1.16. The molecule has 0 atom stereocenters. The van der Waals surface area contributed by atoms with Crippen LogP contribution in [0.3, 0.4) is 0 Å². The molecule has 0 aromatic heterocycles. The highest BCUT2D eigenvalue weighted by Crippen LogP contribution is 1.95. The highest BCUT2D eigenvalue weighted by Gasteiger charge is 2.04. The van der Waals surface area contributed by atoms with E-state index in [1.807, 2.05) is 0 Å². The molecule has 0 saturated heterocycles. The molecule has 0 saturated carbocycles. The molecule has 13 heavy (non-hydrogen) atoms. The molecule has 0 fully saturated rings. The molecule has 4 nitrogen and oxygen atoms in total. The lowest BCUT2D eigenvalue weighted by Crippen LogP contribution is -2.30. The molecule has 0 heterocycles. The van der Waals surface area contributed by atoms with Gasteiger partial charge in [0, 0.05) is 6.04 Å². The Morgan fingerprint density at radius 2 is 1.85 bits per heavy atom. The van der Waals surface area contributed by atoms with Crippen molar-refractivity contribution in [3.63, 3.8) is 0 Å². The van der Waals surface area contributed by atoms with Gasteiger partial charge in [0.25, 0.3) is 0 Å². The Morgan fingerprint density at radius 1 is 1.31 bits per heavy atom. The summed E-state index contributed by atoms with van der Waals surface area (Å²) in [5, 5.41) is 8.13. The molecule has 0 spiro atoms. The second kappa shape index (κ2) is 6.34. The number of hydrogen-bond donors (Lipinski definition) is 2. The standard InChI is InChI=1S/C8H20N2O2S/c1-3-8(4-2)10-6-5-7-13(9,11)12/h8,10H,3-7H2,1-2H3,(H2,9,11,12). The number of rotatable bonds is 7. The summed E-state index contributed by atoms with van der Waals surface area (Å²) in [7, 11) is -3.28. The zero-order valence-electron chi connectivity index (χ0n) is 8.41. The molecule has 0 bridgehead atoms. The van der Waals surface area contributed by atoms with Gasteiger partial charge in [0.1, 0.15) is 0 Å². The predicted molar refractivity (Wildman–Crippen MR) is 55.0 cm³/mol. The molecule has 0 radical (unpaired) electrons. The van der Waals surface area contributed by atoms with Crippen LogP contribution >= 0.6 is 0 Å². The third-order valence-corrected chi connectivity index (χ3v) is 2.88. The predicted octanol–water partition coefficient (Wildman–Crippen LogP) is 0.443. The number of nitrogens with one attached hydrogen (secondary N) is 1. The van der Waals surface area contributed by atoms with E-state index in [-0.39, 0.29) is 5.75 Å². The van der Waals surface area contributed by atoms with Crippen LogP contribution in [0.25, 0.3) is 0 Å². The Bertz CT molecular complexity index is 210. The maximum atomic E-state index is 10.6. The average Bonchev–Trinajstić information content (AvgIpc) is 2.03. The van der Waals surface area contributed by atoms with Gasteiger partial charge in [-0.2, -0.15) is 0 Å². The smallest absolute Gasteiger partial charge is 0.209 e. The van der Waals surface area contributed by atoms with Crippen molar-refractivity contribution in [1.82, 2.24) is 5.32 Å². The van der Waals surface area contributed by atoms with Gasteiger partial charge < -0.3 is 5.32 Å². The van der Waals surface area contributed by atoms with Crippen LogP contribution in [0.1, 0.15) is 33.1 Å². The average molecular weight is 208 g/mol. The normalized spacial score (nSPS) is 12.3. The van der Waals surface area contributed by atoms with Gasteiger partial charge in [-0.15, -0.1) is 0 Å². The summed E-state index contributed by atoms with van der Waals surface area (Å²) < 4.78 is 21.1. The van der Waals surface area contributed by atoms with E-state index in [4.69, 9.17) is 5.14 Å². The Kier molecular flexibility index (Phi) is 6.28. The first-order chi connectivity index (χ1) is 5.99. The highest BCUT2D eigenvalue weighted by molar-refractivity contribution is 7.89. The summed E-state index contributed by atoms with van der Waals surface area (Å²) in [6.45, 7) is 4.95. The van der Waals surface area contributed by atoms with Gasteiger partial charge in [0.15, 0.2) is 0 Å². The zero-order chi connectivity index (χ0) is 10.3. The van der Waals surface area contributed by atoms with E-state index < -0.39 is 10.0 Å². The highest BCUT2D eigenvalue weighted by atomic mass is 32.2. The summed E-state index contributed by atoms with van der Waals surface area (Å²) in [6.07, 6.45) is 2.74. The minimum atomic E-state index is -3.28. The quantitative estimate of drug-likeness (QED) is 0.596. The van der Waals surface area contributed by atoms with Gasteiger partial charge in [0.2, 0.25) is 10.0 Å². The molecular formula is C8H20N2O2S. The molecule has 5 heteroatoms. The SMILES string of the molecule is CCC(CC)NCCCS(N)(=O)=O. The summed E-state index contributed by atoms with van der Waals surface area (Å²) in [4.78, 5) is 0. The minimum absolute atomic E-state index is 0.0696. The Balaban J connectivity index is 3.45. The maximum Gasteiger partial charge on any atom is 0.209 e. The van der Waals surface area contributed by atoms with Crippen LogP contribution in [-0.2, 0) is 10.0 Å². The molecule has 0 rings (SSSR count). The third-order valence-electron chi connectivity index (χ3n) is 2.02. The number of nitrogens with two attached hydrogens (primary N) is 1. The Morgan fingerprint density at radius 3 is 2.23 bits per heavy atom. The third kappa shape index (κ3) is 8.21. The first-order valence-electron chi connectivity index (χ1n) is 4.73. The molecule has 80 valence electrons. The van der Waals surface area contributed by atoms with Crippen molar-refractivity contribution in [3.8, 4) is 0 Å². The first kappa shape index (κ1) is 12.9. The van der Waals surface area contributed by atoms with Crippen molar-refractivity contribution in [2.24, 2.45) is 5.14 Å². The summed E-state index contributed by atoms with van der Waals surface area (Å²) >= 11 is 0. The molecule has 0 aliphatic carbocycles. The van der Waals surface area contributed by atoms with Gasteiger partial charge in [-0.1, -0.05) is 13.8 Å². The van der Waals surface area contributed by atoms with Crippen molar-refractivity contribution in [2.45, 2.75) is 39.2 Å². The van der Waals surface area contributed by atoms with Crippen LogP contribution in [0.5, 0.6) is 0 Å². The van der Waals surface area contributed by atoms with Gasteiger partial charge >= 0.3 is 0 Å². The molecule has 0 unspecified atom stereocenters. The molecule has 3 N–H and O–H groups in total. The molecule has 0 aliphatic rings. The summed E-state index contributed by atoms with van der Waals surface area (Å²) in [5.41, 5.74) is 0. The van der Waals surface area contributed by atoms with E-state index in [0.717, 1.165) is 19.4 Å². The van der Waals surface area contributed by atoms with Crippen molar-refractivity contribution < 1.29 is 8.42 Å². The van der Waals surface area contributed by atoms with Crippen LogP contribution < -0.4 is 10.5 Å². The van der Waals surface area contributed by atoms with Crippen molar-refractivity contribution in [2.75, 3.05) is 12.3 Å². The molecule has 0 aliphatic heterocycles. The second-order valence-electron chi connectivity index (χ2n) is 3.19. The van der Waals surface area contributed by atoms with Gasteiger partial charge in [0.05, 0.1) is 5.75 Å². The van der Waals surface area contributed by atoms with E-state index in [1.165, 1.54) is 0 Å². The van der Waals surface area contributed by atoms with Crippen molar-refractivity contribution >= 4 is 10.0 Å². The summed E-state index contributed by atoms with van der Waals surface area (Å²) in [5.74, 6) is 0.0696. The van der Waals surface area contributed by atoms with E-state index in [1.54, 1.807) is 0 Å². The van der Waals surface area contributed by atoms with Crippen LogP contribution in [0.2, 0.25) is 0 Å². The first-order valence-corrected chi connectivity index (χ1v) is 6.45. The fourth-order valence-corrected chi connectivity index (χ4v) is 1.70. The maximum absolute atomic E-state index is 10.6. The zero-order valence-corrected chi connectivity index (χ0v) is 9.23. The van der Waals surface area contributed by atoms with Crippen molar-refractivity contribution in [3.05, 3.63) is 0 Å². The van der Waals surface area contributed by atoms with E-state index in [2.05, 4.69) is 19.2 Å². The lowest BCUT2D eigenvalue weighted by atomic mass is 10.2. The Hall–Kier alpha value is -0.130. The molecule has 0 amide bonds. The number of primary sulfonamides is 1. The molecule has 0 aromatic carbocycles. The van der Waals surface area contributed by atoms with E-state index in [9.17, 15) is 8.42 Å². The van der Waals surface area contributed by atoms with Crippen LogP contribution in [0.15, 0.2) is 0 Å². The number of sulfonamides is 1. The fraction of sp³-hybridized carbons (Fsp3) is 1.00. The topological polar surface area (TPSA) is 72.2 Å². The minimum Gasteiger partial charge on any atom is -0.314 e. The second-order valence-corrected chi connectivity index (χ2v) is 4.92. The lowest BCUT2D eigenvalue weighted by Gasteiger charge is -2.13. The van der Waals surface area contributed by atoms with Crippen LogP contribution in [-0.4, -0.2) is 26.8 Å². The van der Waals surface area contributed by atoms with E-state index in [0.29, 0.717) is 12.5 Å². The van der Waals surface area contributed by atoms with E-state index >= 15 is 0 Å². The number of hydrogen-bond acceptors (Lipinski definition) is 3. The van der Waals surface area contributed by atoms with Gasteiger partial charge in [-0.25, -0.2) is 13.6 Å². The molecule has 0 aromatic rings.